The number of hydrogen-bond donors (Lipinski definition) is 1. The van der Waals surface area contributed by atoms with Crippen molar-refractivity contribution in [2.24, 2.45) is 11.8 Å². The molecule has 8 nitrogen and oxygen atoms in total. The number of rotatable bonds is 9. The Balaban J connectivity index is 1.30. The molecule has 1 aliphatic heterocycles. The van der Waals surface area contributed by atoms with E-state index in [9.17, 15) is 9.59 Å². The number of anilines is 1. The zero-order chi connectivity index (χ0) is 28.3. The van der Waals surface area contributed by atoms with Crippen LogP contribution in [-0.4, -0.2) is 83.5 Å². The highest BCUT2D eigenvalue weighted by Gasteiger charge is 2.56. The molecule has 8 heteroatoms. The summed E-state index contributed by atoms with van der Waals surface area (Å²) in [5, 5.41) is 2.86. The van der Waals surface area contributed by atoms with Gasteiger partial charge in [0.15, 0.2) is 0 Å². The van der Waals surface area contributed by atoms with Crippen LogP contribution < -0.4 is 10.1 Å². The fourth-order valence-electron chi connectivity index (χ4n) is 7.69. The number of pyridine rings is 1. The summed E-state index contributed by atoms with van der Waals surface area (Å²) < 4.78 is 5.25. The number of methoxy groups -OCH3 is 1. The Morgan fingerprint density at radius 1 is 1.23 bits per heavy atom. The van der Waals surface area contributed by atoms with Crippen LogP contribution in [0.5, 0.6) is 5.75 Å². The van der Waals surface area contributed by atoms with Crippen molar-refractivity contribution in [2.75, 3.05) is 46.2 Å². The molecule has 1 spiro atoms. The van der Waals surface area contributed by atoms with Gasteiger partial charge in [0.25, 0.3) is 0 Å². The minimum absolute atomic E-state index is 0.0236. The zero-order valence-corrected chi connectivity index (χ0v) is 24.8. The lowest BCUT2D eigenvalue weighted by Gasteiger charge is -2.54. The van der Waals surface area contributed by atoms with Crippen LogP contribution in [0.4, 0.5) is 10.6 Å². The van der Waals surface area contributed by atoms with Crippen LogP contribution in [0.25, 0.3) is 0 Å². The van der Waals surface area contributed by atoms with Crippen molar-refractivity contribution in [3.05, 3.63) is 42.1 Å². The molecule has 0 radical (unpaired) electrons. The smallest absolute Gasteiger partial charge is 0.321 e. The van der Waals surface area contributed by atoms with Crippen LogP contribution in [0.3, 0.4) is 0 Å². The van der Waals surface area contributed by atoms with E-state index in [0.29, 0.717) is 29.9 Å². The number of amides is 3. The van der Waals surface area contributed by atoms with E-state index in [2.05, 4.69) is 59.3 Å². The van der Waals surface area contributed by atoms with Crippen molar-refractivity contribution in [1.29, 1.82) is 0 Å². The van der Waals surface area contributed by atoms with E-state index in [1.54, 1.807) is 35.9 Å². The summed E-state index contributed by atoms with van der Waals surface area (Å²) >= 11 is 0. The Bertz CT molecular complexity index is 1130. The fourth-order valence-corrected chi connectivity index (χ4v) is 7.69. The lowest BCUT2D eigenvalue weighted by atomic mass is 9.65. The highest BCUT2D eigenvalue weighted by molar-refractivity contribution is 5.94. The van der Waals surface area contributed by atoms with Gasteiger partial charge in [0, 0.05) is 30.9 Å². The number of nitrogens with one attached hydrogen (secondary N) is 1. The molecule has 3 amide bonds. The number of carbonyl (C=O) groups excluding carboxylic acids is 2. The van der Waals surface area contributed by atoms with Gasteiger partial charge in [0.1, 0.15) is 18.1 Å². The molecule has 0 aromatic carbocycles. The van der Waals surface area contributed by atoms with Crippen molar-refractivity contribution >= 4 is 17.8 Å². The minimum atomic E-state index is -0.223. The first-order valence-electron chi connectivity index (χ1n) is 15.1. The van der Waals surface area contributed by atoms with Gasteiger partial charge < -0.3 is 24.8 Å². The maximum atomic E-state index is 13.8. The van der Waals surface area contributed by atoms with Crippen LogP contribution >= 0.6 is 0 Å². The molecule has 1 unspecified atom stereocenters. The van der Waals surface area contributed by atoms with Crippen molar-refractivity contribution in [2.45, 2.75) is 82.2 Å². The summed E-state index contributed by atoms with van der Waals surface area (Å²) in [4.78, 5) is 37.6. The lowest BCUT2D eigenvalue weighted by Crippen LogP contribution is -2.59. The predicted octanol–water partition coefficient (Wildman–Crippen LogP) is 5.48. The molecule has 4 aliphatic rings. The van der Waals surface area contributed by atoms with E-state index in [0.717, 1.165) is 32.2 Å². The summed E-state index contributed by atoms with van der Waals surface area (Å²) in [5.74, 6) is 2.08. The summed E-state index contributed by atoms with van der Waals surface area (Å²) in [5.41, 5.74) is 1.53. The number of allylic oxidation sites excluding steroid dienone is 4. The predicted molar refractivity (Wildman–Crippen MR) is 158 cm³/mol. The summed E-state index contributed by atoms with van der Waals surface area (Å²) in [6.07, 6.45) is 19.6. The second-order valence-corrected chi connectivity index (χ2v) is 12.7. The van der Waals surface area contributed by atoms with Crippen LogP contribution in [0.1, 0.15) is 71.1 Å². The van der Waals surface area contributed by atoms with Crippen molar-refractivity contribution in [3.63, 3.8) is 0 Å². The third-order valence-corrected chi connectivity index (χ3v) is 10.3. The normalized spacial score (nSPS) is 30.2. The number of ether oxygens (including phenoxy) is 1. The third-order valence-electron chi connectivity index (χ3n) is 10.3. The lowest BCUT2D eigenvalue weighted by molar-refractivity contribution is -0.116. The Morgan fingerprint density at radius 3 is 2.65 bits per heavy atom. The molecule has 5 rings (SSSR count). The van der Waals surface area contributed by atoms with Crippen LogP contribution in [-0.2, 0) is 4.79 Å². The van der Waals surface area contributed by atoms with Gasteiger partial charge in [-0.3, -0.25) is 4.79 Å². The van der Waals surface area contributed by atoms with Gasteiger partial charge in [-0.2, -0.15) is 0 Å². The molecule has 1 saturated heterocycles. The number of carbonyl (C=O) groups is 2. The van der Waals surface area contributed by atoms with Gasteiger partial charge in [0.2, 0.25) is 5.91 Å². The monoisotopic (exact) mass is 549 g/mol. The van der Waals surface area contributed by atoms with Gasteiger partial charge in [-0.1, -0.05) is 30.2 Å². The molecule has 1 aromatic heterocycles. The molecule has 4 fully saturated rings. The van der Waals surface area contributed by atoms with Gasteiger partial charge in [-0.15, -0.1) is 0 Å². The maximum Gasteiger partial charge on any atom is 0.321 e. The topological polar surface area (TPSA) is 78.0 Å². The second-order valence-electron chi connectivity index (χ2n) is 12.7. The van der Waals surface area contributed by atoms with Gasteiger partial charge in [-0.25, -0.2) is 9.78 Å². The van der Waals surface area contributed by atoms with E-state index in [1.807, 2.05) is 0 Å². The fraction of sp³-hybridized carbons (Fsp3) is 0.656. The van der Waals surface area contributed by atoms with Crippen molar-refractivity contribution in [3.8, 4) is 5.75 Å². The van der Waals surface area contributed by atoms with Crippen molar-refractivity contribution < 1.29 is 14.3 Å². The van der Waals surface area contributed by atoms with Gasteiger partial charge in [-0.05, 0) is 96.7 Å². The molecule has 218 valence electrons. The quantitative estimate of drug-likeness (QED) is 0.441. The van der Waals surface area contributed by atoms with Gasteiger partial charge >= 0.3 is 6.03 Å². The Morgan fingerprint density at radius 2 is 2.00 bits per heavy atom. The Hall–Kier alpha value is -2.87. The van der Waals surface area contributed by atoms with E-state index < -0.39 is 0 Å². The van der Waals surface area contributed by atoms with E-state index >= 15 is 0 Å². The number of nitrogens with zero attached hydrogens (tertiary/aromatic N) is 4. The molecule has 3 aliphatic carbocycles. The second kappa shape index (κ2) is 11.9. The van der Waals surface area contributed by atoms with Crippen molar-refractivity contribution in [1.82, 2.24) is 19.7 Å². The Kier molecular flexibility index (Phi) is 8.55. The van der Waals surface area contributed by atoms with Crippen LogP contribution in [0.15, 0.2) is 42.1 Å². The largest absolute Gasteiger partial charge is 0.497 e. The average molecular weight is 550 g/mol. The number of urea groups is 1. The molecular weight excluding hydrogens is 502 g/mol. The molecule has 1 aromatic rings. The minimum Gasteiger partial charge on any atom is -0.497 e. The zero-order valence-electron chi connectivity index (χ0n) is 24.8. The van der Waals surface area contributed by atoms with Crippen LogP contribution in [0, 0.1) is 11.8 Å². The first-order chi connectivity index (χ1) is 19.3. The number of hydrogen-bond acceptors (Lipinski definition) is 5. The highest BCUT2D eigenvalue weighted by atomic mass is 16.5. The molecule has 1 atom stereocenters. The molecule has 40 heavy (non-hydrogen) atoms. The molecule has 3 saturated carbocycles. The molecular formula is C32H47N5O3. The van der Waals surface area contributed by atoms with E-state index in [4.69, 9.17) is 4.74 Å². The van der Waals surface area contributed by atoms with E-state index in [-0.39, 0.29) is 29.6 Å². The highest BCUT2D eigenvalue weighted by Crippen LogP contribution is 2.52. The third kappa shape index (κ3) is 5.65. The summed E-state index contributed by atoms with van der Waals surface area (Å²) in [7, 11) is 6.09. The first kappa shape index (κ1) is 28.7. The number of aromatic nitrogens is 1. The first-order valence-corrected chi connectivity index (χ1v) is 15.1. The molecule has 1 N–H and O–H groups in total. The molecule has 2 heterocycles. The maximum absolute atomic E-state index is 13.8. The SMILES string of the molecule is C/C=C\C=C1\CCC(C2(N(C)C)CCC3(CC2)CN(CC(=O)Nc2cc(OC)ccn2)C(=O)N3CC2CCC2)C1. The van der Waals surface area contributed by atoms with Gasteiger partial charge in [0.05, 0.1) is 12.6 Å². The average Bonchev–Trinajstić information content (AvgIpc) is 3.49. The summed E-state index contributed by atoms with van der Waals surface area (Å²) in [6.45, 7) is 3.56. The standard InChI is InChI=1S/C32H47N5O3/c1-5-6-8-24-11-12-26(19-24)32(35(2)3)16-14-31(15-17-32)23-36(30(39)37(31)21-25-9-7-10-25)22-29(38)34-28-20-27(40-4)13-18-33-28/h5-6,8,13,18,20,25-26H,7,9-12,14-17,19,21-23H2,1-4H3,(H,33,34,38)/b6-5-,24-8-. The van der Waals surface area contributed by atoms with Crippen LogP contribution in [0.2, 0.25) is 0 Å². The Labute approximate surface area is 239 Å². The summed E-state index contributed by atoms with van der Waals surface area (Å²) in [6, 6.07) is 3.46. The van der Waals surface area contributed by atoms with E-state index in [1.165, 1.54) is 38.5 Å². The molecule has 0 bridgehead atoms.